The molecule has 0 fully saturated rings. The van der Waals surface area contributed by atoms with Crippen molar-refractivity contribution in [1.29, 1.82) is 0 Å². The Bertz CT molecular complexity index is 697. The second-order valence-electron chi connectivity index (χ2n) is 5.03. The van der Waals surface area contributed by atoms with E-state index in [2.05, 4.69) is 5.32 Å². The highest BCUT2D eigenvalue weighted by atomic mass is 16.5. The quantitative estimate of drug-likeness (QED) is 0.861. The normalized spacial score (nSPS) is 11.4. The molecule has 23 heavy (non-hydrogen) atoms. The minimum atomic E-state index is -0.668. The number of ether oxygens (including phenoxy) is 2. The summed E-state index contributed by atoms with van der Waals surface area (Å²) in [6.07, 6.45) is -0.668. The fourth-order valence-electron chi connectivity index (χ4n) is 2.09. The number of carbonyl (C=O) groups excluding carboxylic acids is 2. The lowest BCUT2D eigenvalue weighted by Crippen LogP contribution is -2.30. The standard InChI is InChI=1S/C18H19NO4/c1-12-15(18(21)22-3)10-7-11-16(12)19-17(20)13(2)23-14-8-5-4-6-9-14/h4-11,13H,1-3H3,(H,19,20). The molecule has 2 aromatic carbocycles. The number of anilines is 1. The maximum absolute atomic E-state index is 12.3. The van der Waals surface area contributed by atoms with Crippen LogP contribution in [0.2, 0.25) is 0 Å². The van der Waals surface area contributed by atoms with Crippen LogP contribution >= 0.6 is 0 Å². The van der Waals surface area contributed by atoms with Crippen LogP contribution < -0.4 is 10.1 Å². The molecule has 5 heteroatoms. The van der Waals surface area contributed by atoms with E-state index < -0.39 is 12.1 Å². The van der Waals surface area contributed by atoms with E-state index >= 15 is 0 Å². The van der Waals surface area contributed by atoms with Crippen LogP contribution in [-0.4, -0.2) is 25.1 Å². The predicted octanol–water partition coefficient (Wildman–Crippen LogP) is 3.19. The average molecular weight is 313 g/mol. The van der Waals surface area contributed by atoms with Crippen molar-refractivity contribution >= 4 is 17.6 Å². The van der Waals surface area contributed by atoms with Crippen molar-refractivity contribution in [3.05, 3.63) is 59.7 Å². The predicted molar refractivity (Wildman–Crippen MR) is 87.7 cm³/mol. The van der Waals surface area contributed by atoms with E-state index in [9.17, 15) is 9.59 Å². The summed E-state index contributed by atoms with van der Waals surface area (Å²) >= 11 is 0. The van der Waals surface area contributed by atoms with Gasteiger partial charge in [-0.15, -0.1) is 0 Å². The van der Waals surface area contributed by atoms with Crippen LogP contribution in [0.5, 0.6) is 5.75 Å². The van der Waals surface area contributed by atoms with Crippen molar-refractivity contribution in [2.45, 2.75) is 20.0 Å². The molecule has 2 rings (SSSR count). The summed E-state index contributed by atoms with van der Waals surface area (Å²) in [5.41, 5.74) is 1.63. The Balaban J connectivity index is 2.09. The highest BCUT2D eigenvalue weighted by molar-refractivity contribution is 5.98. The molecule has 120 valence electrons. The summed E-state index contributed by atoms with van der Waals surface area (Å²) in [6, 6.07) is 14.2. The summed E-state index contributed by atoms with van der Waals surface area (Å²) in [4.78, 5) is 24.0. The number of rotatable bonds is 5. The highest BCUT2D eigenvalue weighted by Gasteiger charge is 2.18. The van der Waals surface area contributed by atoms with Crippen molar-refractivity contribution < 1.29 is 19.1 Å². The van der Waals surface area contributed by atoms with Gasteiger partial charge in [0.2, 0.25) is 0 Å². The Morgan fingerprint density at radius 1 is 1.04 bits per heavy atom. The Labute approximate surface area is 135 Å². The lowest BCUT2D eigenvalue weighted by atomic mass is 10.1. The lowest BCUT2D eigenvalue weighted by molar-refractivity contribution is -0.122. The Morgan fingerprint density at radius 3 is 2.39 bits per heavy atom. The van der Waals surface area contributed by atoms with Crippen molar-refractivity contribution in [1.82, 2.24) is 0 Å². The first kappa shape index (κ1) is 16.5. The second-order valence-corrected chi connectivity index (χ2v) is 5.03. The first-order chi connectivity index (χ1) is 11.0. The van der Waals surface area contributed by atoms with Crippen molar-refractivity contribution in [2.24, 2.45) is 0 Å². The highest BCUT2D eigenvalue weighted by Crippen LogP contribution is 2.20. The molecule has 0 aromatic heterocycles. The number of esters is 1. The fraction of sp³-hybridized carbons (Fsp3) is 0.222. The molecule has 5 nitrogen and oxygen atoms in total. The van der Waals surface area contributed by atoms with Crippen LogP contribution in [0.4, 0.5) is 5.69 Å². The van der Waals surface area contributed by atoms with Crippen LogP contribution in [0.25, 0.3) is 0 Å². The zero-order valence-corrected chi connectivity index (χ0v) is 13.3. The maximum atomic E-state index is 12.3. The van der Waals surface area contributed by atoms with Gasteiger partial charge in [-0.2, -0.15) is 0 Å². The van der Waals surface area contributed by atoms with Gasteiger partial charge < -0.3 is 14.8 Å². The van der Waals surface area contributed by atoms with Gasteiger partial charge in [0.15, 0.2) is 6.10 Å². The number of carbonyl (C=O) groups is 2. The van der Waals surface area contributed by atoms with Crippen LogP contribution in [-0.2, 0) is 9.53 Å². The van der Waals surface area contributed by atoms with E-state index in [1.54, 1.807) is 44.2 Å². The van der Waals surface area contributed by atoms with Crippen LogP contribution in [0, 0.1) is 6.92 Å². The molecule has 0 radical (unpaired) electrons. The van der Waals surface area contributed by atoms with Crippen molar-refractivity contribution in [3.8, 4) is 5.75 Å². The van der Waals surface area contributed by atoms with Crippen molar-refractivity contribution in [3.63, 3.8) is 0 Å². The van der Waals surface area contributed by atoms with E-state index in [1.807, 2.05) is 18.2 Å². The molecule has 0 saturated carbocycles. The molecule has 0 bridgehead atoms. The number of benzene rings is 2. The molecule has 2 aromatic rings. The van der Waals surface area contributed by atoms with Crippen LogP contribution in [0.15, 0.2) is 48.5 Å². The smallest absolute Gasteiger partial charge is 0.338 e. The molecule has 1 unspecified atom stereocenters. The molecule has 0 aliphatic carbocycles. The van der Waals surface area contributed by atoms with Gasteiger partial charge in [-0.3, -0.25) is 4.79 Å². The van der Waals surface area contributed by atoms with E-state index in [1.165, 1.54) is 7.11 Å². The number of nitrogens with one attached hydrogen (secondary N) is 1. The number of amides is 1. The van der Waals surface area contributed by atoms with Gasteiger partial charge in [0.1, 0.15) is 5.75 Å². The van der Waals surface area contributed by atoms with E-state index in [-0.39, 0.29) is 5.91 Å². The third-order valence-electron chi connectivity index (χ3n) is 3.42. The molecule has 1 N–H and O–H groups in total. The molecule has 0 spiro atoms. The third-order valence-corrected chi connectivity index (χ3v) is 3.42. The number of hydrogen-bond donors (Lipinski definition) is 1. The zero-order chi connectivity index (χ0) is 16.8. The number of para-hydroxylation sites is 1. The average Bonchev–Trinajstić information content (AvgIpc) is 2.57. The van der Waals surface area contributed by atoms with E-state index in [0.29, 0.717) is 22.6 Å². The summed E-state index contributed by atoms with van der Waals surface area (Å²) in [5.74, 6) is -0.110. The molecule has 0 aliphatic rings. The monoisotopic (exact) mass is 313 g/mol. The van der Waals surface area contributed by atoms with Gasteiger partial charge in [0.05, 0.1) is 12.7 Å². The van der Waals surface area contributed by atoms with Crippen LogP contribution in [0.3, 0.4) is 0 Å². The topological polar surface area (TPSA) is 64.6 Å². The minimum absolute atomic E-state index is 0.293. The van der Waals surface area contributed by atoms with E-state index in [4.69, 9.17) is 9.47 Å². The lowest BCUT2D eigenvalue weighted by Gasteiger charge is -2.16. The minimum Gasteiger partial charge on any atom is -0.481 e. The largest absolute Gasteiger partial charge is 0.481 e. The molecule has 0 aliphatic heterocycles. The van der Waals surface area contributed by atoms with Crippen molar-refractivity contribution in [2.75, 3.05) is 12.4 Å². The third kappa shape index (κ3) is 4.10. The van der Waals surface area contributed by atoms with Gasteiger partial charge in [-0.05, 0) is 43.7 Å². The summed E-state index contributed by atoms with van der Waals surface area (Å²) in [7, 11) is 1.32. The first-order valence-electron chi connectivity index (χ1n) is 7.23. The van der Waals surface area contributed by atoms with Crippen LogP contribution in [0.1, 0.15) is 22.8 Å². The first-order valence-corrected chi connectivity index (χ1v) is 7.23. The van der Waals surface area contributed by atoms with Gasteiger partial charge >= 0.3 is 5.97 Å². The SMILES string of the molecule is COC(=O)c1cccc(NC(=O)C(C)Oc2ccccc2)c1C. The molecule has 0 saturated heterocycles. The second kappa shape index (κ2) is 7.45. The summed E-state index contributed by atoms with van der Waals surface area (Å²) in [6.45, 7) is 3.42. The summed E-state index contributed by atoms with van der Waals surface area (Å²) < 4.78 is 10.3. The zero-order valence-electron chi connectivity index (χ0n) is 13.3. The summed E-state index contributed by atoms with van der Waals surface area (Å²) in [5, 5.41) is 2.78. The molecular formula is C18H19NO4. The Kier molecular flexibility index (Phi) is 5.36. The van der Waals surface area contributed by atoms with Gasteiger partial charge in [0.25, 0.3) is 5.91 Å². The Hall–Kier alpha value is -2.82. The number of hydrogen-bond acceptors (Lipinski definition) is 4. The fourth-order valence-corrected chi connectivity index (χ4v) is 2.09. The van der Waals surface area contributed by atoms with Gasteiger partial charge in [-0.1, -0.05) is 24.3 Å². The van der Waals surface area contributed by atoms with E-state index in [0.717, 1.165) is 0 Å². The molecule has 1 amide bonds. The maximum Gasteiger partial charge on any atom is 0.338 e. The molecule has 0 heterocycles. The van der Waals surface area contributed by atoms with Gasteiger partial charge in [0, 0.05) is 5.69 Å². The Morgan fingerprint density at radius 2 is 1.74 bits per heavy atom. The molecular weight excluding hydrogens is 294 g/mol. The van der Waals surface area contributed by atoms with Gasteiger partial charge in [-0.25, -0.2) is 4.79 Å². The number of methoxy groups -OCH3 is 1. The molecule has 1 atom stereocenters.